The van der Waals surface area contributed by atoms with Gasteiger partial charge >= 0.3 is 13.2 Å². The second-order valence-electron chi connectivity index (χ2n) is 9.15. The average Bonchev–Trinajstić information content (AvgIpc) is 2.78. The lowest BCUT2D eigenvalue weighted by Crippen LogP contribution is -2.41. The molecule has 2 rings (SSSR count). The van der Waals surface area contributed by atoms with Crippen molar-refractivity contribution in [2.45, 2.75) is 65.3 Å². The molecule has 0 aliphatic carbocycles. The largest absolute Gasteiger partial charge is 0.492 e. The molecule has 0 spiro atoms. The first kappa shape index (κ1) is 23.0. The molecule has 1 aromatic carbocycles. The summed E-state index contributed by atoms with van der Waals surface area (Å²) < 4.78 is 17.6. The third-order valence-electron chi connectivity index (χ3n) is 4.94. The van der Waals surface area contributed by atoms with Crippen LogP contribution < -0.4 is 11.1 Å². The molecule has 0 atom stereocenters. The molecule has 1 heterocycles. The molecule has 2 amide bonds. The standard InChI is InChI=1S/C21H31BN2O5/c1-19(2,3)27-18(26)24-13-16(22-28-20(4,5)21(6,7)29-22)12-14-8-10-15(11-9-14)17(23)25/h8-12H,13H2,1-7H3,(H2,23,25)(H,24,26). The van der Waals surface area contributed by atoms with Gasteiger partial charge in [-0.3, -0.25) is 4.79 Å². The number of hydrogen-bond acceptors (Lipinski definition) is 5. The van der Waals surface area contributed by atoms with E-state index in [1.165, 1.54) is 0 Å². The number of rotatable bonds is 5. The maximum absolute atomic E-state index is 12.1. The highest BCUT2D eigenvalue weighted by molar-refractivity contribution is 6.56. The van der Waals surface area contributed by atoms with Crippen LogP contribution in [0.1, 0.15) is 64.4 Å². The molecule has 3 N–H and O–H groups in total. The summed E-state index contributed by atoms with van der Waals surface area (Å²) in [6.45, 7) is 13.5. The molecule has 1 aliphatic rings. The molecule has 1 fully saturated rings. The predicted molar refractivity (Wildman–Crippen MR) is 113 cm³/mol. The number of benzene rings is 1. The minimum atomic E-state index is -0.634. The maximum Gasteiger partial charge on any atom is 0.492 e. The van der Waals surface area contributed by atoms with Crippen LogP contribution >= 0.6 is 0 Å². The van der Waals surface area contributed by atoms with Crippen molar-refractivity contribution in [3.05, 3.63) is 40.9 Å². The van der Waals surface area contributed by atoms with Crippen LogP contribution in [-0.2, 0) is 14.0 Å². The van der Waals surface area contributed by atoms with Crippen molar-refractivity contribution < 1.29 is 23.6 Å². The fraction of sp³-hybridized carbons (Fsp3) is 0.524. The van der Waals surface area contributed by atoms with Crippen molar-refractivity contribution in [1.82, 2.24) is 5.32 Å². The Kier molecular flexibility index (Phi) is 6.50. The molecule has 0 bridgehead atoms. The zero-order valence-corrected chi connectivity index (χ0v) is 18.3. The predicted octanol–water partition coefficient (Wildman–Crippen LogP) is 3.33. The van der Waals surface area contributed by atoms with Crippen LogP contribution in [0.4, 0.5) is 4.79 Å². The first-order valence-corrected chi connectivity index (χ1v) is 9.63. The van der Waals surface area contributed by atoms with E-state index in [-0.39, 0.29) is 6.54 Å². The fourth-order valence-corrected chi connectivity index (χ4v) is 2.64. The Labute approximate surface area is 173 Å². The molecule has 0 saturated carbocycles. The molecular formula is C21H31BN2O5. The summed E-state index contributed by atoms with van der Waals surface area (Å²) in [5.74, 6) is -0.488. The number of ether oxygens (including phenoxy) is 1. The van der Waals surface area contributed by atoms with E-state index in [0.29, 0.717) is 5.56 Å². The highest BCUT2D eigenvalue weighted by Gasteiger charge is 2.52. The second kappa shape index (κ2) is 8.20. The minimum Gasteiger partial charge on any atom is -0.444 e. The normalized spacial score (nSPS) is 18.4. The van der Waals surface area contributed by atoms with Crippen molar-refractivity contribution in [1.29, 1.82) is 0 Å². The molecule has 7 nitrogen and oxygen atoms in total. The molecule has 1 aromatic rings. The van der Waals surface area contributed by atoms with E-state index in [2.05, 4.69) is 5.32 Å². The lowest BCUT2D eigenvalue weighted by atomic mass is 9.77. The van der Waals surface area contributed by atoms with Crippen LogP contribution in [-0.4, -0.2) is 42.5 Å². The van der Waals surface area contributed by atoms with Gasteiger partial charge in [-0.1, -0.05) is 18.2 Å². The molecule has 1 saturated heterocycles. The Hall–Kier alpha value is -2.32. The van der Waals surface area contributed by atoms with Crippen molar-refractivity contribution in [2.75, 3.05) is 6.54 Å². The highest BCUT2D eigenvalue weighted by Crippen LogP contribution is 2.38. The summed E-state index contributed by atoms with van der Waals surface area (Å²) in [5.41, 5.74) is 5.65. The number of nitrogens with two attached hydrogens (primary N) is 1. The molecule has 8 heteroatoms. The van der Waals surface area contributed by atoms with Gasteiger partial charge in [0.1, 0.15) is 5.60 Å². The van der Waals surface area contributed by atoms with Crippen LogP contribution in [0.2, 0.25) is 0 Å². The molecular weight excluding hydrogens is 371 g/mol. The SMILES string of the molecule is CC(C)(C)OC(=O)NCC(=Cc1ccc(C(N)=O)cc1)B1OC(C)(C)C(C)(C)O1. The smallest absolute Gasteiger partial charge is 0.444 e. The lowest BCUT2D eigenvalue weighted by molar-refractivity contribution is 0.00578. The van der Waals surface area contributed by atoms with E-state index < -0.39 is 35.9 Å². The van der Waals surface area contributed by atoms with E-state index in [1.807, 2.05) is 33.8 Å². The number of hydrogen-bond donors (Lipinski definition) is 2. The summed E-state index contributed by atoms with van der Waals surface area (Å²) in [4.78, 5) is 23.4. The molecule has 0 radical (unpaired) electrons. The third kappa shape index (κ3) is 6.08. The second-order valence-corrected chi connectivity index (χ2v) is 9.15. The van der Waals surface area contributed by atoms with Gasteiger partial charge in [0.15, 0.2) is 0 Å². The Morgan fingerprint density at radius 2 is 1.62 bits per heavy atom. The molecule has 1 aliphatic heterocycles. The van der Waals surface area contributed by atoms with E-state index in [0.717, 1.165) is 11.0 Å². The Balaban J connectivity index is 2.26. The number of nitrogens with one attached hydrogen (secondary N) is 1. The maximum atomic E-state index is 12.1. The molecule has 158 valence electrons. The van der Waals surface area contributed by atoms with Gasteiger partial charge in [-0.25, -0.2) is 4.79 Å². The van der Waals surface area contributed by atoms with Gasteiger partial charge in [-0.05, 0) is 71.6 Å². The number of primary amides is 1. The van der Waals surface area contributed by atoms with Crippen LogP contribution in [0.5, 0.6) is 0 Å². The van der Waals surface area contributed by atoms with Crippen molar-refractivity contribution >= 4 is 25.2 Å². The Bertz CT molecular complexity index is 778. The van der Waals surface area contributed by atoms with Crippen LogP contribution in [0, 0.1) is 0 Å². The van der Waals surface area contributed by atoms with Crippen molar-refractivity contribution in [2.24, 2.45) is 5.73 Å². The van der Waals surface area contributed by atoms with E-state index in [4.69, 9.17) is 19.8 Å². The molecule has 0 unspecified atom stereocenters. The number of carbonyl (C=O) groups is 2. The quantitative estimate of drug-likeness (QED) is 0.736. The van der Waals surface area contributed by atoms with E-state index >= 15 is 0 Å². The van der Waals surface area contributed by atoms with Gasteiger partial charge in [0.25, 0.3) is 0 Å². The number of alkyl carbamates (subject to hydrolysis) is 1. The zero-order chi connectivity index (χ0) is 22.0. The van der Waals surface area contributed by atoms with Gasteiger partial charge in [0, 0.05) is 12.1 Å². The number of carbonyl (C=O) groups excluding carboxylic acids is 2. The van der Waals surface area contributed by atoms with Crippen molar-refractivity contribution in [3.63, 3.8) is 0 Å². The Morgan fingerprint density at radius 3 is 2.07 bits per heavy atom. The minimum absolute atomic E-state index is 0.184. The van der Waals surface area contributed by atoms with E-state index in [9.17, 15) is 9.59 Å². The first-order valence-electron chi connectivity index (χ1n) is 9.63. The molecule has 0 aromatic heterocycles. The topological polar surface area (TPSA) is 99.9 Å². The van der Waals surface area contributed by atoms with Crippen LogP contribution in [0.3, 0.4) is 0 Å². The zero-order valence-electron chi connectivity index (χ0n) is 18.3. The van der Waals surface area contributed by atoms with Crippen LogP contribution in [0.25, 0.3) is 6.08 Å². The average molecular weight is 402 g/mol. The summed E-state index contributed by atoms with van der Waals surface area (Å²) in [6.07, 6.45) is 1.34. The van der Waals surface area contributed by atoms with Gasteiger partial charge in [-0.15, -0.1) is 0 Å². The Morgan fingerprint density at radius 1 is 1.10 bits per heavy atom. The third-order valence-corrected chi connectivity index (χ3v) is 4.94. The highest BCUT2D eigenvalue weighted by atomic mass is 16.7. The summed E-state index contributed by atoms with van der Waals surface area (Å²) in [7, 11) is -0.634. The summed E-state index contributed by atoms with van der Waals surface area (Å²) >= 11 is 0. The van der Waals surface area contributed by atoms with Crippen molar-refractivity contribution in [3.8, 4) is 0 Å². The molecule has 29 heavy (non-hydrogen) atoms. The van der Waals surface area contributed by atoms with Crippen LogP contribution in [0.15, 0.2) is 29.7 Å². The summed E-state index contributed by atoms with van der Waals surface area (Å²) in [5, 5.41) is 2.76. The fourth-order valence-electron chi connectivity index (χ4n) is 2.64. The van der Waals surface area contributed by atoms with Gasteiger partial charge < -0.3 is 25.1 Å². The number of amides is 2. The van der Waals surface area contributed by atoms with E-state index in [1.54, 1.807) is 45.0 Å². The van der Waals surface area contributed by atoms with Gasteiger partial charge in [0.05, 0.1) is 11.2 Å². The first-order chi connectivity index (χ1) is 13.2. The lowest BCUT2D eigenvalue weighted by Gasteiger charge is -2.32. The van der Waals surface area contributed by atoms with Gasteiger partial charge in [0.2, 0.25) is 5.91 Å². The monoisotopic (exact) mass is 402 g/mol. The summed E-state index contributed by atoms with van der Waals surface area (Å²) in [6, 6.07) is 6.85. The van der Waals surface area contributed by atoms with Gasteiger partial charge in [-0.2, -0.15) is 0 Å².